The van der Waals surface area contributed by atoms with E-state index < -0.39 is 32.2 Å². The highest BCUT2D eigenvalue weighted by molar-refractivity contribution is 9.10. The number of benzene rings is 5. The zero-order chi connectivity index (χ0) is 38.6. The molecule has 0 amide bonds. The van der Waals surface area contributed by atoms with E-state index in [0.717, 1.165) is 26.7 Å². The minimum absolute atomic E-state index is 0.0210. The average Bonchev–Trinajstić information content (AvgIpc) is 3.19. The van der Waals surface area contributed by atoms with Gasteiger partial charge in [0.2, 0.25) is 10.0 Å². The van der Waals surface area contributed by atoms with Gasteiger partial charge < -0.3 is 9.47 Å². The number of sulfonamides is 1. The summed E-state index contributed by atoms with van der Waals surface area (Å²) in [7, 11) is -4.36. The number of hydrogen-bond donors (Lipinski definition) is 0. The molecule has 0 aromatic heterocycles. The van der Waals surface area contributed by atoms with Crippen molar-refractivity contribution < 1.29 is 27.6 Å². The fourth-order valence-corrected chi connectivity index (χ4v) is 10.2. The van der Waals surface area contributed by atoms with Gasteiger partial charge in [-0.15, -0.1) is 0 Å². The number of rotatable bonds is 12. The maximum Gasteiger partial charge on any atom is 0.302 e. The van der Waals surface area contributed by atoms with Gasteiger partial charge in [-0.2, -0.15) is 4.31 Å². The fraction of sp³-hybridized carbons (Fsp3) is 0.279. The molecule has 2 aliphatic rings. The Labute approximate surface area is 330 Å². The van der Waals surface area contributed by atoms with E-state index >= 15 is 0 Å². The van der Waals surface area contributed by atoms with Crippen LogP contribution in [0, 0.1) is 16.0 Å². The molecule has 5 aromatic carbocycles. The Hall–Kier alpha value is -4.72. The zero-order valence-corrected chi connectivity index (χ0v) is 32.7. The van der Waals surface area contributed by atoms with Crippen LogP contribution in [0.1, 0.15) is 41.5 Å². The second kappa shape index (κ2) is 16.6. The SMILES string of the molecule is CC(=O)OCC1CCN2[C@H](COC(c3ccccc3)(c3ccccc3)c3ccccc3)[C@H](c3ccc(Br)cc3)[C@@H]2CN(S(=O)(=O)c2ccccc2[N+](=O)[O-])C1. The molecule has 1 unspecified atom stereocenters. The minimum atomic E-state index is -4.36. The second-order valence-electron chi connectivity index (χ2n) is 14.0. The van der Waals surface area contributed by atoms with E-state index in [4.69, 9.17) is 9.47 Å². The van der Waals surface area contributed by atoms with Gasteiger partial charge in [-0.3, -0.25) is 19.8 Å². The summed E-state index contributed by atoms with van der Waals surface area (Å²) in [6.45, 7) is 2.36. The molecule has 0 saturated carbocycles. The van der Waals surface area contributed by atoms with E-state index in [9.17, 15) is 23.3 Å². The molecule has 0 spiro atoms. The molecule has 55 heavy (non-hydrogen) atoms. The molecule has 2 heterocycles. The van der Waals surface area contributed by atoms with Crippen LogP contribution in [0.25, 0.3) is 0 Å². The summed E-state index contributed by atoms with van der Waals surface area (Å²) in [5, 5.41) is 12.1. The standard InChI is InChI=1S/C43H42BrN3O7S/c1-31(48)53-29-32-25-26-46-39(28-45(27-32)55(51,52)41-20-12-11-19-38(41)47(49)50)42(33-21-23-37(44)24-22-33)40(46)30-54-43(34-13-5-2-6-14-34,35-15-7-3-8-16-35)36-17-9-4-10-18-36/h2-24,32,39-40,42H,25-30H2,1H3/t32?,39-,40+,42+/m0/s1. The van der Waals surface area contributed by atoms with Gasteiger partial charge in [-0.05, 0) is 53.4 Å². The molecule has 2 saturated heterocycles. The van der Waals surface area contributed by atoms with Gasteiger partial charge in [0.25, 0.3) is 5.69 Å². The first-order valence-corrected chi connectivity index (χ1v) is 20.5. The van der Waals surface area contributed by atoms with Gasteiger partial charge in [0, 0.05) is 54.5 Å². The topological polar surface area (TPSA) is 119 Å². The van der Waals surface area contributed by atoms with Crippen molar-refractivity contribution in [3.05, 3.63) is 176 Å². The number of halogens is 1. The molecule has 10 nitrogen and oxygen atoms in total. The predicted octanol–water partition coefficient (Wildman–Crippen LogP) is 7.78. The maximum absolute atomic E-state index is 14.5. The van der Waals surface area contributed by atoms with Crippen LogP contribution in [0.2, 0.25) is 0 Å². The van der Waals surface area contributed by atoms with E-state index in [1.807, 2.05) is 66.7 Å². The molecular weight excluding hydrogens is 782 g/mol. The number of carbonyl (C=O) groups is 1. The van der Waals surface area contributed by atoms with Crippen LogP contribution >= 0.6 is 15.9 Å². The quantitative estimate of drug-likeness (QED) is 0.0542. The van der Waals surface area contributed by atoms with Crippen molar-refractivity contribution in [1.29, 1.82) is 0 Å². The Morgan fingerprint density at radius 3 is 1.89 bits per heavy atom. The van der Waals surface area contributed by atoms with Gasteiger partial charge >= 0.3 is 5.97 Å². The summed E-state index contributed by atoms with van der Waals surface area (Å²) in [6, 6.07) is 43.6. The molecule has 0 radical (unpaired) electrons. The summed E-state index contributed by atoms with van der Waals surface area (Å²) in [4.78, 5) is 25.3. The van der Waals surface area contributed by atoms with Crippen molar-refractivity contribution in [2.45, 2.75) is 41.8 Å². The van der Waals surface area contributed by atoms with E-state index in [2.05, 4.69) is 69.4 Å². The number of carbonyl (C=O) groups excluding carboxylic acids is 1. The fourth-order valence-electron chi connectivity index (χ4n) is 8.20. The van der Waals surface area contributed by atoms with Crippen LogP contribution in [0.4, 0.5) is 5.69 Å². The third-order valence-electron chi connectivity index (χ3n) is 10.8. The molecule has 7 rings (SSSR count). The number of nitro groups is 1. The molecule has 0 bridgehead atoms. The summed E-state index contributed by atoms with van der Waals surface area (Å²) in [5.41, 5.74) is 2.49. The Bertz CT molecular complexity index is 2110. The summed E-state index contributed by atoms with van der Waals surface area (Å²) >= 11 is 3.57. The number of esters is 1. The van der Waals surface area contributed by atoms with Crippen molar-refractivity contribution in [3.63, 3.8) is 0 Å². The first kappa shape index (κ1) is 38.6. The molecule has 284 valence electrons. The van der Waals surface area contributed by atoms with Crippen LogP contribution < -0.4 is 0 Å². The van der Waals surface area contributed by atoms with E-state index in [-0.39, 0.29) is 48.5 Å². The minimum Gasteiger partial charge on any atom is -0.466 e. The first-order valence-electron chi connectivity index (χ1n) is 18.3. The van der Waals surface area contributed by atoms with Crippen LogP contribution in [0.15, 0.2) is 149 Å². The molecule has 4 atom stereocenters. The molecule has 0 N–H and O–H groups in total. The van der Waals surface area contributed by atoms with Crippen LogP contribution in [-0.2, 0) is 29.9 Å². The first-order chi connectivity index (χ1) is 26.6. The van der Waals surface area contributed by atoms with Crippen molar-refractivity contribution >= 4 is 37.6 Å². The molecular formula is C43H42BrN3O7S. The van der Waals surface area contributed by atoms with Gasteiger partial charge in [-0.25, -0.2) is 8.42 Å². The Kier molecular flexibility index (Phi) is 11.6. The highest BCUT2D eigenvalue weighted by Gasteiger charge is 2.53. The van der Waals surface area contributed by atoms with E-state index in [1.165, 1.54) is 35.5 Å². The largest absolute Gasteiger partial charge is 0.466 e. The van der Waals surface area contributed by atoms with Crippen molar-refractivity contribution in [2.24, 2.45) is 5.92 Å². The van der Waals surface area contributed by atoms with Gasteiger partial charge in [0.05, 0.1) is 18.1 Å². The number of nitro benzene ring substituents is 1. The third kappa shape index (κ3) is 7.87. The molecule has 2 fully saturated rings. The lowest BCUT2D eigenvalue weighted by Gasteiger charge is -2.58. The van der Waals surface area contributed by atoms with E-state index in [1.54, 1.807) is 0 Å². The normalized spacial score (nSPS) is 20.7. The lowest BCUT2D eigenvalue weighted by Crippen LogP contribution is -2.69. The highest BCUT2D eigenvalue weighted by atomic mass is 79.9. The Morgan fingerprint density at radius 1 is 0.800 bits per heavy atom. The van der Waals surface area contributed by atoms with Crippen LogP contribution in [-0.4, -0.2) is 73.4 Å². The molecule has 2 aliphatic heterocycles. The van der Waals surface area contributed by atoms with Crippen molar-refractivity contribution in [1.82, 2.24) is 9.21 Å². The van der Waals surface area contributed by atoms with Crippen LogP contribution in [0.3, 0.4) is 0 Å². The van der Waals surface area contributed by atoms with E-state index in [0.29, 0.717) is 19.6 Å². The summed E-state index contributed by atoms with van der Waals surface area (Å²) in [5.74, 6) is -0.966. The predicted molar refractivity (Wildman–Crippen MR) is 213 cm³/mol. The average molecular weight is 825 g/mol. The van der Waals surface area contributed by atoms with Crippen LogP contribution in [0.5, 0.6) is 0 Å². The maximum atomic E-state index is 14.5. The van der Waals surface area contributed by atoms with Crippen molar-refractivity contribution in [2.75, 3.05) is 32.8 Å². The lowest BCUT2D eigenvalue weighted by molar-refractivity contribution is -0.387. The Morgan fingerprint density at radius 2 is 1.35 bits per heavy atom. The number of nitrogens with zero attached hydrogens (tertiary/aromatic N) is 3. The second-order valence-corrected chi connectivity index (χ2v) is 16.9. The highest BCUT2D eigenvalue weighted by Crippen LogP contribution is 2.47. The third-order valence-corrected chi connectivity index (χ3v) is 13.2. The molecule has 5 aromatic rings. The summed E-state index contributed by atoms with van der Waals surface area (Å²) < 4.78 is 44.1. The summed E-state index contributed by atoms with van der Waals surface area (Å²) in [6.07, 6.45) is 0.525. The van der Waals surface area contributed by atoms with Gasteiger partial charge in [0.15, 0.2) is 4.90 Å². The number of para-hydroxylation sites is 1. The zero-order valence-electron chi connectivity index (χ0n) is 30.3. The smallest absolute Gasteiger partial charge is 0.302 e. The molecule has 12 heteroatoms. The van der Waals surface area contributed by atoms with Gasteiger partial charge in [0.1, 0.15) is 5.60 Å². The Balaban J connectivity index is 1.31. The number of ether oxygens (including phenoxy) is 2. The monoisotopic (exact) mass is 823 g/mol. The lowest BCUT2D eigenvalue weighted by atomic mass is 9.73. The molecule has 0 aliphatic carbocycles. The number of hydrogen-bond acceptors (Lipinski definition) is 8. The van der Waals surface area contributed by atoms with Gasteiger partial charge in [-0.1, -0.05) is 131 Å². The van der Waals surface area contributed by atoms with Crippen molar-refractivity contribution in [3.8, 4) is 0 Å². The number of fused-ring (bicyclic) bond motifs is 1.